The van der Waals surface area contributed by atoms with E-state index < -0.39 is 0 Å². The molecule has 1 fully saturated rings. The number of morpholine rings is 1. The number of ether oxygens (including phenoxy) is 1. The summed E-state index contributed by atoms with van der Waals surface area (Å²) in [5.41, 5.74) is 0.957. The van der Waals surface area contributed by atoms with Crippen LogP contribution in [0.5, 0.6) is 0 Å². The molecule has 1 aliphatic rings. The molecule has 3 nitrogen and oxygen atoms in total. The van der Waals surface area contributed by atoms with Crippen molar-refractivity contribution in [2.75, 3.05) is 31.2 Å². The number of hydrogen-bond acceptors (Lipinski definition) is 3. The van der Waals surface area contributed by atoms with Crippen LogP contribution in [-0.2, 0) is 4.74 Å². The molecule has 0 aliphatic carbocycles. The van der Waals surface area contributed by atoms with Crippen LogP contribution in [0.2, 0.25) is 0 Å². The maximum absolute atomic E-state index is 5.78. The van der Waals surface area contributed by atoms with Gasteiger partial charge in [-0.05, 0) is 6.07 Å². The fraction of sp³-hybridized carbons (Fsp3) is 0.333. The molecule has 0 N–H and O–H groups in total. The molecule has 0 bridgehead atoms. The summed E-state index contributed by atoms with van der Waals surface area (Å²) in [6, 6.07) is 10.2. The van der Waals surface area contributed by atoms with Gasteiger partial charge in [-0.2, -0.15) is 0 Å². The molecule has 0 amide bonds. The highest BCUT2D eigenvalue weighted by molar-refractivity contribution is 5.80. The minimum absolute atomic E-state index is 0.789. The molecule has 2 heterocycles. The van der Waals surface area contributed by atoms with Crippen molar-refractivity contribution in [1.29, 1.82) is 0 Å². The predicted octanol–water partition coefficient (Wildman–Crippen LogP) is 2.27. The fourth-order valence-electron chi connectivity index (χ4n) is 1.91. The molecule has 0 unspecified atom stereocenters. The van der Waals surface area contributed by atoms with Gasteiger partial charge in [-0.3, -0.25) is 0 Å². The zero-order valence-electron chi connectivity index (χ0n) is 8.48. The van der Waals surface area contributed by atoms with Crippen LogP contribution < -0.4 is 4.90 Å². The van der Waals surface area contributed by atoms with Gasteiger partial charge in [0.1, 0.15) is 5.58 Å². The molecule has 3 rings (SSSR count). The molecule has 3 heteroatoms. The molecule has 0 saturated carbocycles. The van der Waals surface area contributed by atoms with E-state index in [2.05, 4.69) is 17.0 Å². The predicted molar refractivity (Wildman–Crippen MR) is 59.2 cm³/mol. The number of anilines is 1. The Morgan fingerprint density at radius 3 is 2.67 bits per heavy atom. The molecule has 0 atom stereocenters. The third kappa shape index (κ3) is 1.59. The summed E-state index contributed by atoms with van der Waals surface area (Å²) in [6.07, 6.45) is 0. The van der Waals surface area contributed by atoms with Gasteiger partial charge < -0.3 is 14.1 Å². The van der Waals surface area contributed by atoms with E-state index in [1.165, 1.54) is 5.39 Å². The van der Waals surface area contributed by atoms with E-state index in [-0.39, 0.29) is 0 Å². The Kier molecular flexibility index (Phi) is 2.10. The van der Waals surface area contributed by atoms with E-state index in [1.54, 1.807) is 0 Å². The van der Waals surface area contributed by atoms with Crippen molar-refractivity contribution in [2.45, 2.75) is 0 Å². The van der Waals surface area contributed by atoms with Crippen LogP contribution in [0.3, 0.4) is 0 Å². The van der Waals surface area contributed by atoms with Gasteiger partial charge in [0, 0.05) is 24.5 Å². The zero-order chi connectivity index (χ0) is 10.1. The first-order chi connectivity index (χ1) is 7.43. The summed E-state index contributed by atoms with van der Waals surface area (Å²) in [7, 11) is 0. The summed E-state index contributed by atoms with van der Waals surface area (Å²) in [6.45, 7) is 3.41. The lowest BCUT2D eigenvalue weighted by Gasteiger charge is -2.25. The topological polar surface area (TPSA) is 25.6 Å². The van der Waals surface area contributed by atoms with Gasteiger partial charge in [-0.15, -0.1) is 0 Å². The third-order valence-corrected chi connectivity index (χ3v) is 2.74. The lowest BCUT2D eigenvalue weighted by molar-refractivity contribution is 0.121. The third-order valence-electron chi connectivity index (χ3n) is 2.74. The SMILES string of the molecule is c1ccc2oc(N3CCOCC3)cc2c1. The highest BCUT2D eigenvalue weighted by Gasteiger charge is 2.14. The minimum atomic E-state index is 0.789. The molecule has 1 aromatic heterocycles. The molecule has 1 aromatic carbocycles. The Morgan fingerprint density at radius 2 is 1.87 bits per heavy atom. The maximum atomic E-state index is 5.78. The quantitative estimate of drug-likeness (QED) is 0.711. The molecule has 1 saturated heterocycles. The van der Waals surface area contributed by atoms with Crippen molar-refractivity contribution in [1.82, 2.24) is 0 Å². The summed E-state index contributed by atoms with van der Waals surface area (Å²) < 4.78 is 11.1. The summed E-state index contributed by atoms with van der Waals surface area (Å²) in [4.78, 5) is 2.23. The van der Waals surface area contributed by atoms with Crippen molar-refractivity contribution in [3.05, 3.63) is 30.3 Å². The summed E-state index contributed by atoms with van der Waals surface area (Å²) in [5, 5.41) is 1.17. The minimum Gasteiger partial charge on any atom is -0.441 e. The van der Waals surface area contributed by atoms with Gasteiger partial charge in [0.15, 0.2) is 5.88 Å². The van der Waals surface area contributed by atoms with Crippen LogP contribution in [-0.4, -0.2) is 26.3 Å². The Morgan fingerprint density at radius 1 is 1.07 bits per heavy atom. The lowest BCUT2D eigenvalue weighted by atomic mass is 10.2. The number of hydrogen-bond donors (Lipinski definition) is 0. The average molecular weight is 203 g/mol. The van der Waals surface area contributed by atoms with E-state index in [9.17, 15) is 0 Å². The molecule has 0 radical (unpaired) electrons. The van der Waals surface area contributed by atoms with Gasteiger partial charge in [0.05, 0.1) is 13.2 Å². The maximum Gasteiger partial charge on any atom is 0.196 e. The van der Waals surface area contributed by atoms with Crippen LogP contribution in [0.4, 0.5) is 5.88 Å². The largest absolute Gasteiger partial charge is 0.441 e. The van der Waals surface area contributed by atoms with Crippen LogP contribution in [0, 0.1) is 0 Å². The molecular formula is C12H13NO2. The molecule has 1 aliphatic heterocycles. The Labute approximate surface area is 88.2 Å². The van der Waals surface area contributed by atoms with Gasteiger partial charge in [-0.1, -0.05) is 18.2 Å². The summed E-state index contributed by atoms with van der Waals surface area (Å²) in [5.74, 6) is 0.958. The van der Waals surface area contributed by atoms with Gasteiger partial charge in [-0.25, -0.2) is 0 Å². The molecule has 2 aromatic rings. The van der Waals surface area contributed by atoms with Crippen LogP contribution in [0.25, 0.3) is 11.0 Å². The highest BCUT2D eigenvalue weighted by Crippen LogP contribution is 2.26. The number of furan rings is 1. The Bertz CT molecular complexity index is 424. The first-order valence-electron chi connectivity index (χ1n) is 5.25. The zero-order valence-corrected chi connectivity index (χ0v) is 8.48. The first kappa shape index (κ1) is 8.80. The van der Waals surface area contributed by atoms with E-state index in [0.29, 0.717) is 0 Å². The number of benzene rings is 1. The van der Waals surface area contributed by atoms with Crippen LogP contribution in [0.15, 0.2) is 34.7 Å². The van der Waals surface area contributed by atoms with E-state index in [4.69, 9.17) is 9.15 Å². The second kappa shape index (κ2) is 3.59. The van der Waals surface area contributed by atoms with E-state index in [0.717, 1.165) is 37.8 Å². The average Bonchev–Trinajstić information content (AvgIpc) is 2.74. The number of fused-ring (bicyclic) bond motifs is 1. The highest BCUT2D eigenvalue weighted by atomic mass is 16.5. The lowest BCUT2D eigenvalue weighted by Crippen LogP contribution is -2.35. The van der Waals surface area contributed by atoms with E-state index in [1.807, 2.05) is 18.2 Å². The normalized spacial score (nSPS) is 17.2. The van der Waals surface area contributed by atoms with Crippen molar-refractivity contribution in [2.24, 2.45) is 0 Å². The van der Waals surface area contributed by atoms with Crippen molar-refractivity contribution in [3.63, 3.8) is 0 Å². The Hall–Kier alpha value is -1.48. The molecule has 15 heavy (non-hydrogen) atoms. The number of nitrogens with zero attached hydrogens (tertiary/aromatic N) is 1. The van der Waals surface area contributed by atoms with Gasteiger partial charge >= 0.3 is 0 Å². The van der Waals surface area contributed by atoms with Crippen LogP contribution in [0.1, 0.15) is 0 Å². The van der Waals surface area contributed by atoms with Gasteiger partial charge in [0.2, 0.25) is 0 Å². The van der Waals surface area contributed by atoms with Crippen molar-refractivity contribution < 1.29 is 9.15 Å². The summed E-state index contributed by atoms with van der Waals surface area (Å²) >= 11 is 0. The van der Waals surface area contributed by atoms with Crippen molar-refractivity contribution >= 4 is 16.9 Å². The number of para-hydroxylation sites is 1. The van der Waals surface area contributed by atoms with Crippen LogP contribution >= 0.6 is 0 Å². The second-order valence-electron chi connectivity index (χ2n) is 3.72. The standard InChI is InChI=1S/C12H13NO2/c1-2-4-11-10(3-1)9-12(15-11)13-5-7-14-8-6-13/h1-4,9H,5-8H2. The second-order valence-corrected chi connectivity index (χ2v) is 3.72. The molecule has 0 spiro atoms. The van der Waals surface area contributed by atoms with Gasteiger partial charge in [0.25, 0.3) is 0 Å². The first-order valence-corrected chi connectivity index (χ1v) is 5.25. The van der Waals surface area contributed by atoms with Crippen molar-refractivity contribution in [3.8, 4) is 0 Å². The number of rotatable bonds is 1. The molecule has 78 valence electrons. The Balaban J connectivity index is 1.96. The smallest absolute Gasteiger partial charge is 0.196 e. The van der Waals surface area contributed by atoms with E-state index >= 15 is 0 Å². The monoisotopic (exact) mass is 203 g/mol. The fourth-order valence-corrected chi connectivity index (χ4v) is 1.91. The molecular weight excluding hydrogens is 190 g/mol.